The van der Waals surface area contributed by atoms with Crippen molar-refractivity contribution in [3.05, 3.63) is 5.82 Å². The molecule has 5 nitrogen and oxygen atoms in total. The van der Waals surface area contributed by atoms with Gasteiger partial charge in [0, 0.05) is 13.2 Å². The fourth-order valence-corrected chi connectivity index (χ4v) is 1.65. The highest BCUT2D eigenvalue weighted by Crippen LogP contribution is 2.42. The maximum atomic E-state index is 5.66. The lowest BCUT2D eigenvalue weighted by Gasteiger charge is -2.10. The van der Waals surface area contributed by atoms with Crippen LogP contribution in [0.1, 0.15) is 45.0 Å². The summed E-state index contributed by atoms with van der Waals surface area (Å²) in [6, 6.07) is 0.502. The van der Waals surface area contributed by atoms with Gasteiger partial charge in [-0.05, 0) is 32.1 Å². The Hall–Kier alpha value is -1.10. The van der Waals surface area contributed by atoms with Crippen molar-refractivity contribution >= 4 is 6.01 Å². The van der Waals surface area contributed by atoms with Crippen molar-refractivity contribution in [3.63, 3.8) is 0 Å². The van der Waals surface area contributed by atoms with Crippen molar-refractivity contribution in [2.45, 2.75) is 39.2 Å². The molecule has 0 bridgehead atoms. The highest BCUT2D eigenvalue weighted by molar-refractivity contribution is 5.18. The number of rotatable bonds is 7. The maximum absolute atomic E-state index is 5.66. The largest absolute Gasteiger partial charge is 0.370 e. The molecule has 0 radical (unpaired) electrons. The molecule has 1 unspecified atom stereocenters. The second-order valence-electron chi connectivity index (χ2n) is 4.10. The van der Waals surface area contributed by atoms with Gasteiger partial charge in [0.25, 0.3) is 0 Å². The summed E-state index contributed by atoms with van der Waals surface area (Å²) in [5.41, 5.74) is 0. The van der Waals surface area contributed by atoms with Crippen molar-refractivity contribution in [2.75, 3.05) is 18.5 Å². The van der Waals surface area contributed by atoms with E-state index < -0.39 is 0 Å². The molecule has 1 heterocycles. The molecule has 1 N–H and O–H groups in total. The molecule has 5 heteroatoms. The van der Waals surface area contributed by atoms with E-state index in [-0.39, 0.29) is 6.10 Å². The van der Waals surface area contributed by atoms with Crippen LogP contribution in [0.15, 0.2) is 4.52 Å². The lowest BCUT2D eigenvalue weighted by Crippen LogP contribution is -2.08. The molecule has 0 amide bonds. The zero-order valence-corrected chi connectivity index (χ0v) is 9.90. The molecule has 1 aliphatic rings. The van der Waals surface area contributed by atoms with Crippen LogP contribution in [0.4, 0.5) is 6.01 Å². The Morgan fingerprint density at radius 2 is 2.31 bits per heavy atom. The van der Waals surface area contributed by atoms with Crippen molar-refractivity contribution in [1.29, 1.82) is 0 Å². The van der Waals surface area contributed by atoms with Crippen molar-refractivity contribution < 1.29 is 9.26 Å². The van der Waals surface area contributed by atoms with Crippen LogP contribution in [-0.2, 0) is 4.74 Å². The third kappa shape index (κ3) is 2.72. The molecule has 2 rings (SSSR count). The van der Waals surface area contributed by atoms with Gasteiger partial charge in [0.2, 0.25) is 5.82 Å². The molecule has 0 aliphatic heterocycles. The Bertz CT molecular complexity index is 323. The monoisotopic (exact) mass is 225 g/mol. The summed E-state index contributed by atoms with van der Waals surface area (Å²) in [4.78, 5) is 4.31. The smallest absolute Gasteiger partial charge is 0.321 e. The van der Waals surface area contributed by atoms with E-state index in [0.717, 1.165) is 13.0 Å². The van der Waals surface area contributed by atoms with E-state index in [1.54, 1.807) is 0 Å². The number of anilines is 1. The molecular formula is C11H19N3O2. The first-order valence-electron chi connectivity index (χ1n) is 6.04. The van der Waals surface area contributed by atoms with Gasteiger partial charge < -0.3 is 14.6 Å². The van der Waals surface area contributed by atoms with E-state index in [0.29, 0.717) is 24.4 Å². The van der Waals surface area contributed by atoms with Crippen molar-refractivity contribution in [2.24, 2.45) is 5.92 Å². The van der Waals surface area contributed by atoms with E-state index in [1.807, 2.05) is 6.92 Å². The molecule has 1 aliphatic carbocycles. The first kappa shape index (κ1) is 11.4. The van der Waals surface area contributed by atoms with Gasteiger partial charge in [-0.2, -0.15) is 4.98 Å². The average Bonchev–Trinajstić information content (AvgIpc) is 3.02. The molecule has 1 atom stereocenters. The van der Waals surface area contributed by atoms with Crippen molar-refractivity contribution in [3.8, 4) is 0 Å². The Labute approximate surface area is 95.6 Å². The summed E-state index contributed by atoms with van der Waals surface area (Å²) in [5, 5.41) is 7.05. The molecule has 16 heavy (non-hydrogen) atoms. The first-order chi connectivity index (χ1) is 7.85. The van der Waals surface area contributed by atoms with Crippen LogP contribution in [-0.4, -0.2) is 23.3 Å². The van der Waals surface area contributed by atoms with Gasteiger partial charge >= 0.3 is 6.01 Å². The standard InChI is InChI=1S/C11H19N3O2/c1-3-7-12-11-13-10(14-16-11)9(15-4-2)8-5-6-8/h8-9H,3-7H2,1-2H3,(H,12,13,14). The summed E-state index contributed by atoms with van der Waals surface area (Å²) in [5.74, 6) is 1.26. The number of aromatic nitrogens is 2. The minimum atomic E-state index is 0.0194. The van der Waals surface area contributed by atoms with Gasteiger partial charge in [-0.1, -0.05) is 12.1 Å². The predicted molar refractivity (Wildman–Crippen MR) is 60.2 cm³/mol. The van der Waals surface area contributed by atoms with Crippen LogP contribution in [0, 0.1) is 5.92 Å². The summed E-state index contributed by atoms with van der Waals surface area (Å²) in [6.45, 7) is 5.63. The van der Waals surface area contributed by atoms with Crippen LogP contribution < -0.4 is 5.32 Å². The minimum absolute atomic E-state index is 0.0194. The number of ether oxygens (including phenoxy) is 1. The zero-order chi connectivity index (χ0) is 11.4. The van der Waals surface area contributed by atoms with Crippen LogP contribution in [0.25, 0.3) is 0 Å². The molecule has 1 aromatic heterocycles. The third-order valence-corrected chi connectivity index (χ3v) is 2.62. The third-order valence-electron chi connectivity index (χ3n) is 2.62. The molecule has 90 valence electrons. The highest BCUT2D eigenvalue weighted by atomic mass is 16.5. The lowest BCUT2D eigenvalue weighted by molar-refractivity contribution is 0.0385. The Morgan fingerprint density at radius 1 is 1.50 bits per heavy atom. The van der Waals surface area contributed by atoms with Gasteiger partial charge in [-0.25, -0.2) is 0 Å². The van der Waals surface area contributed by atoms with Gasteiger partial charge in [-0.3, -0.25) is 0 Å². The van der Waals surface area contributed by atoms with Gasteiger partial charge in [0.05, 0.1) is 0 Å². The summed E-state index contributed by atoms with van der Waals surface area (Å²) in [6.07, 6.45) is 3.47. The topological polar surface area (TPSA) is 60.2 Å². The normalized spacial score (nSPS) is 17.4. The van der Waals surface area contributed by atoms with Crippen LogP contribution in [0.5, 0.6) is 0 Å². The van der Waals surface area contributed by atoms with E-state index >= 15 is 0 Å². The lowest BCUT2D eigenvalue weighted by atomic mass is 10.2. The van der Waals surface area contributed by atoms with Crippen LogP contribution in [0.2, 0.25) is 0 Å². The van der Waals surface area contributed by atoms with Gasteiger partial charge in [-0.15, -0.1) is 0 Å². The molecule has 0 saturated heterocycles. The quantitative estimate of drug-likeness (QED) is 0.772. The van der Waals surface area contributed by atoms with Gasteiger partial charge in [0.15, 0.2) is 0 Å². The molecular weight excluding hydrogens is 206 g/mol. The SMILES string of the molecule is CCCNc1nc(C(OCC)C2CC2)no1. The first-order valence-corrected chi connectivity index (χ1v) is 6.04. The Morgan fingerprint density at radius 3 is 2.94 bits per heavy atom. The summed E-state index contributed by atoms with van der Waals surface area (Å²) in [7, 11) is 0. The fourth-order valence-electron chi connectivity index (χ4n) is 1.65. The molecule has 1 fully saturated rings. The van der Waals surface area contributed by atoms with Crippen molar-refractivity contribution in [1.82, 2.24) is 10.1 Å². The molecule has 0 aromatic carbocycles. The number of nitrogens with one attached hydrogen (secondary N) is 1. The van der Waals surface area contributed by atoms with E-state index in [4.69, 9.17) is 9.26 Å². The van der Waals surface area contributed by atoms with Gasteiger partial charge in [0.1, 0.15) is 6.10 Å². The number of hydrogen-bond acceptors (Lipinski definition) is 5. The zero-order valence-electron chi connectivity index (χ0n) is 9.90. The maximum Gasteiger partial charge on any atom is 0.321 e. The summed E-state index contributed by atoms with van der Waals surface area (Å²) >= 11 is 0. The second-order valence-corrected chi connectivity index (χ2v) is 4.10. The average molecular weight is 225 g/mol. The molecule has 0 spiro atoms. The molecule has 1 saturated carbocycles. The minimum Gasteiger partial charge on any atom is -0.370 e. The summed E-state index contributed by atoms with van der Waals surface area (Å²) < 4.78 is 10.8. The number of hydrogen-bond donors (Lipinski definition) is 1. The second kappa shape index (κ2) is 5.30. The van der Waals surface area contributed by atoms with E-state index in [1.165, 1.54) is 12.8 Å². The highest BCUT2D eigenvalue weighted by Gasteiger charge is 2.36. The van der Waals surface area contributed by atoms with E-state index in [2.05, 4.69) is 22.4 Å². The number of nitrogens with zero attached hydrogens (tertiary/aromatic N) is 2. The predicted octanol–water partition coefficient (Wildman–Crippen LogP) is 2.38. The molecule has 1 aromatic rings. The van der Waals surface area contributed by atoms with E-state index in [9.17, 15) is 0 Å². The fraction of sp³-hybridized carbons (Fsp3) is 0.818. The Balaban J connectivity index is 1.97. The van der Waals surface area contributed by atoms with Crippen LogP contribution >= 0.6 is 0 Å². The Kier molecular flexibility index (Phi) is 3.77. The van der Waals surface area contributed by atoms with Crippen LogP contribution in [0.3, 0.4) is 0 Å².